The van der Waals surface area contributed by atoms with Gasteiger partial charge < -0.3 is 19.7 Å². The Morgan fingerprint density at radius 2 is 1.89 bits per heavy atom. The highest BCUT2D eigenvalue weighted by atomic mass is 19.1. The molecule has 10 heteroatoms. The third kappa shape index (κ3) is 3.61. The summed E-state index contributed by atoms with van der Waals surface area (Å²) < 4.78 is 24.7. The van der Waals surface area contributed by atoms with E-state index in [9.17, 15) is 29.0 Å². The van der Waals surface area contributed by atoms with Crippen LogP contribution in [0.2, 0.25) is 0 Å². The molecule has 0 amide bonds. The number of nitrogens with zero attached hydrogens (tertiary/aromatic N) is 1. The second-order valence-corrected chi connectivity index (χ2v) is 6.56. The molecule has 1 saturated heterocycles. The van der Waals surface area contributed by atoms with Crippen LogP contribution < -0.4 is 11.2 Å². The van der Waals surface area contributed by atoms with Gasteiger partial charge in [-0.05, 0) is 25.0 Å². The average molecular weight is 394 g/mol. The van der Waals surface area contributed by atoms with Gasteiger partial charge in [-0.25, -0.2) is 9.59 Å². The number of H-pyrrole nitrogens is 1. The molecule has 1 aliphatic heterocycles. The van der Waals surface area contributed by atoms with Gasteiger partial charge in [0, 0.05) is 0 Å². The van der Waals surface area contributed by atoms with Crippen molar-refractivity contribution in [2.75, 3.05) is 6.61 Å². The molecule has 3 rings (SSSR count). The van der Waals surface area contributed by atoms with Crippen molar-refractivity contribution in [3.8, 4) is 0 Å². The lowest BCUT2D eigenvalue weighted by molar-refractivity contribution is -0.0602. The third-order valence-electron chi connectivity index (χ3n) is 4.60. The van der Waals surface area contributed by atoms with E-state index in [0.29, 0.717) is 27.5 Å². The molecule has 4 unspecified atom stereocenters. The Balaban J connectivity index is 1.75. The van der Waals surface area contributed by atoms with Crippen LogP contribution in [0.4, 0.5) is 4.39 Å². The number of esters is 1. The first kappa shape index (κ1) is 19.9. The van der Waals surface area contributed by atoms with Gasteiger partial charge in [0.15, 0.2) is 6.23 Å². The fourth-order valence-corrected chi connectivity index (χ4v) is 3.11. The molecule has 4 atom stereocenters. The van der Waals surface area contributed by atoms with Gasteiger partial charge in [-0.2, -0.15) is 4.39 Å². The molecule has 0 radical (unpaired) electrons. The Labute approximate surface area is 158 Å². The van der Waals surface area contributed by atoms with Crippen molar-refractivity contribution in [1.82, 2.24) is 9.55 Å². The molecule has 0 saturated carbocycles. The molecule has 1 aromatic carbocycles. The minimum atomic E-state index is -1.60. The highest BCUT2D eigenvalue weighted by molar-refractivity contribution is 5.92. The Kier molecular flexibility index (Phi) is 5.45. The quantitative estimate of drug-likeness (QED) is 0.611. The lowest BCUT2D eigenvalue weighted by atomic mass is 10.0. The summed E-state index contributed by atoms with van der Waals surface area (Å²) in [5.41, 5.74) is -0.424. The molecule has 0 aliphatic carbocycles. The van der Waals surface area contributed by atoms with E-state index in [0.717, 1.165) is 0 Å². The van der Waals surface area contributed by atoms with E-state index >= 15 is 0 Å². The highest BCUT2D eigenvalue weighted by Gasteiger charge is 2.45. The molecule has 150 valence electrons. The van der Waals surface area contributed by atoms with E-state index in [-0.39, 0.29) is 0 Å². The second-order valence-electron chi connectivity index (χ2n) is 6.56. The van der Waals surface area contributed by atoms with E-state index in [4.69, 9.17) is 9.47 Å². The van der Waals surface area contributed by atoms with Gasteiger partial charge in [-0.3, -0.25) is 14.3 Å². The molecular formula is C18H19FN2O7. The predicted molar refractivity (Wildman–Crippen MR) is 93.4 cm³/mol. The van der Waals surface area contributed by atoms with E-state index in [1.54, 1.807) is 37.0 Å². The van der Waals surface area contributed by atoms with Gasteiger partial charge in [0.25, 0.3) is 5.56 Å². The molecule has 1 aromatic heterocycles. The van der Waals surface area contributed by atoms with Gasteiger partial charge in [-0.1, -0.05) is 18.2 Å². The normalized spacial score (nSPS) is 24.3. The summed E-state index contributed by atoms with van der Waals surface area (Å²) in [6, 6.07) is 5.30. The number of ether oxygens (including phenoxy) is 2. The zero-order chi connectivity index (χ0) is 20.6. The maximum absolute atomic E-state index is 13.5. The lowest BCUT2D eigenvalue weighted by Crippen LogP contribution is -2.38. The number of aromatic nitrogens is 2. The molecule has 3 N–H and O–H groups in total. The first-order valence-corrected chi connectivity index (χ1v) is 8.46. The van der Waals surface area contributed by atoms with E-state index in [1.807, 2.05) is 0 Å². The summed E-state index contributed by atoms with van der Waals surface area (Å²) in [4.78, 5) is 37.1. The minimum absolute atomic E-state index is 0.381. The summed E-state index contributed by atoms with van der Waals surface area (Å²) in [6.45, 7) is 3.10. The average Bonchev–Trinajstić information content (AvgIpc) is 2.91. The monoisotopic (exact) mass is 394 g/mol. The number of carbonyl (C=O) groups excluding carboxylic acids is 1. The zero-order valence-corrected chi connectivity index (χ0v) is 15.1. The number of aromatic amines is 1. The molecule has 28 heavy (non-hydrogen) atoms. The van der Waals surface area contributed by atoms with Crippen molar-refractivity contribution < 1.29 is 28.9 Å². The van der Waals surface area contributed by atoms with Crippen molar-refractivity contribution in [2.24, 2.45) is 0 Å². The lowest BCUT2D eigenvalue weighted by Gasteiger charge is -2.17. The van der Waals surface area contributed by atoms with Crippen molar-refractivity contribution in [3.05, 3.63) is 67.7 Å². The van der Waals surface area contributed by atoms with Crippen molar-refractivity contribution >= 4 is 5.97 Å². The van der Waals surface area contributed by atoms with Crippen LogP contribution in [0.1, 0.15) is 27.7 Å². The number of hydrogen-bond acceptors (Lipinski definition) is 7. The molecule has 0 bridgehead atoms. The zero-order valence-electron chi connectivity index (χ0n) is 15.1. The maximum Gasteiger partial charge on any atom is 0.338 e. The van der Waals surface area contributed by atoms with Crippen molar-refractivity contribution in [2.45, 2.75) is 38.4 Å². The largest absolute Gasteiger partial charge is 0.459 e. The summed E-state index contributed by atoms with van der Waals surface area (Å²) in [6.07, 6.45) is -5.15. The number of hydrogen-bond donors (Lipinski definition) is 3. The number of benzene rings is 1. The van der Waals surface area contributed by atoms with Crippen LogP contribution in [0.15, 0.2) is 34.0 Å². The van der Waals surface area contributed by atoms with Gasteiger partial charge in [0.1, 0.15) is 24.9 Å². The topological polar surface area (TPSA) is 131 Å². The molecular weight excluding hydrogens is 375 g/mol. The minimum Gasteiger partial charge on any atom is -0.459 e. The number of nitrogens with one attached hydrogen (secondary N) is 1. The Bertz CT molecular complexity index is 995. The molecule has 9 nitrogen and oxygen atoms in total. The van der Waals surface area contributed by atoms with Crippen LogP contribution in [0, 0.1) is 19.7 Å². The summed E-state index contributed by atoms with van der Waals surface area (Å²) in [5.74, 6) is -1.88. The maximum atomic E-state index is 13.5. The molecule has 2 heterocycles. The van der Waals surface area contributed by atoms with E-state index in [2.05, 4.69) is 0 Å². The number of aliphatic hydroxyl groups excluding tert-OH is 2. The summed E-state index contributed by atoms with van der Waals surface area (Å²) in [5, 5.41) is 20.3. The summed E-state index contributed by atoms with van der Waals surface area (Å²) >= 11 is 0. The van der Waals surface area contributed by atoms with E-state index < -0.39 is 54.2 Å². The smallest absolute Gasteiger partial charge is 0.338 e. The van der Waals surface area contributed by atoms with Crippen LogP contribution in [-0.4, -0.2) is 50.7 Å². The van der Waals surface area contributed by atoms with Crippen LogP contribution in [0.5, 0.6) is 0 Å². The van der Waals surface area contributed by atoms with Crippen LogP contribution in [0.25, 0.3) is 0 Å². The van der Waals surface area contributed by atoms with Gasteiger partial charge in [0.05, 0.1) is 11.8 Å². The Hall–Kier alpha value is -2.82. The van der Waals surface area contributed by atoms with Crippen LogP contribution in [0.3, 0.4) is 0 Å². The third-order valence-corrected chi connectivity index (χ3v) is 4.60. The number of halogens is 1. The Morgan fingerprint density at radius 3 is 2.54 bits per heavy atom. The first-order valence-electron chi connectivity index (χ1n) is 8.46. The highest BCUT2D eigenvalue weighted by Crippen LogP contribution is 2.29. The van der Waals surface area contributed by atoms with Crippen molar-refractivity contribution in [3.63, 3.8) is 0 Å². The molecule has 1 aliphatic rings. The molecule has 2 aromatic rings. The first-order chi connectivity index (χ1) is 13.2. The summed E-state index contributed by atoms with van der Waals surface area (Å²) in [7, 11) is 0. The fourth-order valence-electron chi connectivity index (χ4n) is 3.11. The predicted octanol–water partition coefficient (Wildman–Crippen LogP) is -0.231. The standard InChI is InChI=1S/C18H19FN2O7/c1-8-4-3-5-9(2)12(8)17(25)27-7-11-13(22)14(23)16(28-11)21-6-10(19)15(24)20-18(21)26/h3-6,11,13-14,16,22-23H,7H2,1-2H3,(H,20,24,26). The van der Waals surface area contributed by atoms with Gasteiger partial charge in [0.2, 0.25) is 5.82 Å². The second kappa shape index (κ2) is 7.66. The van der Waals surface area contributed by atoms with Gasteiger partial charge >= 0.3 is 11.7 Å². The Morgan fingerprint density at radius 1 is 1.25 bits per heavy atom. The SMILES string of the molecule is Cc1cccc(C)c1C(=O)OCC1OC(n2cc(F)c(=O)[nH]c2=O)C(O)C1O. The number of carbonyl (C=O) groups is 1. The number of aryl methyl sites for hydroxylation is 2. The fraction of sp³-hybridized carbons (Fsp3) is 0.389. The van der Waals surface area contributed by atoms with Gasteiger partial charge in [-0.15, -0.1) is 0 Å². The molecule has 1 fully saturated rings. The molecule has 0 spiro atoms. The van der Waals surface area contributed by atoms with Crippen LogP contribution in [-0.2, 0) is 9.47 Å². The number of aliphatic hydroxyl groups is 2. The van der Waals surface area contributed by atoms with Crippen LogP contribution >= 0.6 is 0 Å². The van der Waals surface area contributed by atoms with Crippen molar-refractivity contribution in [1.29, 1.82) is 0 Å². The van der Waals surface area contributed by atoms with E-state index in [1.165, 1.54) is 0 Å². The number of rotatable bonds is 4.